The first-order valence-corrected chi connectivity index (χ1v) is 2.40. The van der Waals surface area contributed by atoms with Gasteiger partial charge in [-0.3, -0.25) is 4.79 Å². The smallest absolute Gasteiger partial charge is 0.287 e. The number of rotatable bonds is 2. The Bertz CT molecular complexity index is 150. The minimum absolute atomic E-state index is 0.916. The molecule has 52 valence electrons. The van der Waals surface area contributed by atoms with Crippen molar-refractivity contribution < 1.29 is 18.0 Å². The largest absolute Gasteiger partial charge is 0.301 e. The highest BCUT2D eigenvalue weighted by atomic mass is 32.1. The molecule has 5 heteroatoms. The molecular formula is C4H3F3OS. The minimum atomic E-state index is -2.46. The normalized spacial score (nSPS) is 8.89. The summed E-state index contributed by atoms with van der Waals surface area (Å²) in [5.41, 5.74) is 0. The van der Waals surface area contributed by atoms with Crippen LogP contribution in [0.4, 0.5) is 13.2 Å². The first-order valence-electron chi connectivity index (χ1n) is 1.95. The summed E-state index contributed by atoms with van der Waals surface area (Å²) in [5, 5.41) is -0.916. The van der Waals surface area contributed by atoms with Crippen LogP contribution in [0.1, 0.15) is 6.42 Å². The summed E-state index contributed by atoms with van der Waals surface area (Å²) in [7, 11) is 0. The Kier molecular flexibility index (Phi) is 3.37. The van der Waals surface area contributed by atoms with Crippen molar-refractivity contribution in [3.8, 4) is 0 Å². The Morgan fingerprint density at radius 2 is 1.78 bits per heavy atom. The average Bonchev–Trinajstić information content (AvgIpc) is 1.63. The van der Waals surface area contributed by atoms with Gasteiger partial charge >= 0.3 is 6.08 Å². The molecule has 0 amide bonds. The fourth-order valence-corrected chi connectivity index (χ4v) is 0.338. The van der Waals surface area contributed by atoms with E-state index in [2.05, 4.69) is 12.6 Å². The lowest BCUT2D eigenvalue weighted by Crippen LogP contribution is -1.86. The van der Waals surface area contributed by atoms with Crippen LogP contribution in [0.25, 0.3) is 0 Å². The van der Waals surface area contributed by atoms with E-state index in [1.54, 1.807) is 0 Å². The van der Waals surface area contributed by atoms with E-state index in [1.165, 1.54) is 0 Å². The van der Waals surface area contributed by atoms with E-state index >= 15 is 0 Å². The van der Waals surface area contributed by atoms with Gasteiger partial charge in [-0.1, -0.05) is 0 Å². The van der Waals surface area contributed by atoms with E-state index in [1.807, 2.05) is 0 Å². The van der Waals surface area contributed by atoms with E-state index < -0.39 is 23.4 Å². The summed E-state index contributed by atoms with van der Waals surface area (Å²) in [4.78, 5) is 9.82. The van der Waals surface area contributed by atoms with Crippen molar-refractivity contribution in [3.63, 3.8) is 0 Å². The van der Waals surface area contributed by atoms with Crippen LogP contribution in [0.2, 0.25) is 0 Å². The van der Waals surface area contributed by atoms with Crippen molar-refractivity contribution in [2.75, 3.05) is 0 Å². The zero-order valence-corrected chi connectivity index (χ0v) is 5.09. The van der Waals surface area contributed by atoms with Gasteiger partial charge in [0.25, 0.3) is 0 Å². The molecule has 0 aliphatic carbocycles. The Morgan fingerprint density at radius 1 is 1.33 bits per heavy atom. The van der Waals surface area contributed by atoms with Gasteiger partial charge in [0.1, 0.15) is 0 Å². The van der Waals surface area contributed by atoms with Gasteiger partial charge in [-0.25, -0.2) is 4.39 Å². The molecular weight excluding hydrogens is 153 g/mol. The lowest BCUT2D eigenvalue weighted by atomic mass is 10.4. The number of carbonyl (C=O) groups is 1. The highest BCUT2D eigenvalue weighted by Crippen LogP contribution is 2.13. The van der Waals surface area contributed by atoms with Crippen LogP contribution in [0, 0.1) is 0 Å². The fourth-order valence-electron chi connectivity index (χ4n) is 0.200. The maximum absolute atomic E-state index is 11.6. The number of hydrogen-bond donors (Lipinski definition) is 1. The minimum Gasteiger partial charge on any atom is -0.287 e. The highest BCUT2D eigenvalue weighted by Gasteiger charge is 2.07. The summed E-state index contributed by atoms with van der Waals surface area (Å²) in [6, 6.07) is 0. The third-order valence-electron chi connectivity index (χ3n) is 0.511. The van der Waals surface area contributed by atoms with Crippen LogP contribution in [0.5, 0.6) is 0 Å². The monoisotopic (exact) mass is 156 g/mol. The maximum Gasteiger partial charge on any atom is 0.301 e. The van der Waals surface area contributed by atoms with Gasteiger partial charge < -0.3 is 0 Å². The first-order chi connectivity index (χ1) is 4.04. The number of carbonyl (C=O) groups excluding carboxylic acids is 1. The van der Waals surface area contributed by atoms with Gasteiger partial charge in [-0.05, 0) is 0 Å². The van der Waals surface area contributed by atoms with E-state index in [0.29, 0.717) is 0 Å². The number of allylic oxidation sites excluding steroid dienone is 1. The maximum atomic E-state index is 11.6. The van der Waals surface area contributed by atoms with Crippen LogP contribution in [-0.2, 0) is 4.79 Å². The van der Waals surface area contributed by atoms with Gasteiger partial charge in [0.05, 0.1) is 6.42 Å². The second-order valence-corrected chi connectivity index (χ2v) is 1.73. The number of halogens is 3. The summed E-state index contributed by atoms with van der Waals surface area (Å²) in [5.74, 6) is -1.71. The number of hydrogen-bond acceptors (Lipinski definition) is 1. The van der Waals surface area contributed by atoms with Crippen LogP contribution in [-0.4, -0.2) is 5.12 Å². The molecule has 0 saturated heterocycles. The van der Waals surface area contributed by atoms with E-state index in [-0.39, 0.29) is 0 Å². The summed E-state index contributed by atoms with van der Waals surface area (Å²) >= 11 is 3.09. The molecule has 0 atom stereocenters. The third kappa shape index (κ3) is 4.08. The van der Waals surface area contributed by atoms with Crippen LogP contribution < -0.4 is 0 Å². The quantitative estimate of drug-likeness (QED) is 0.604. The van der Waals surface area contributed by atoms with Crippen LogP contribution in [0.3, 0.4) is 0 Å². The molecule has 1 nitrogen and oxygen atoms in total. The predicted molar refractivity (Wildman–Crippen MR) is 29.0 cm³/mol. The lowest BCUT2D eigenvalue weighted by Gasteiger charge is -1.86. The lowest BCUT2D eigenvalue weighted by molar-refractivity contribution is -0.110. The SMILES string of the molecule is O=C(S)CC(F)=C(F)F. The van der Waals surface area contributed by atoms with Crippen molar-refractivity contribution in [3.05, 3.63) is 11.9 Å². The molecule has 0 unspecified atom stereocenters. The van der Waals surface area contributed by atoms with Crippen molar-refractivity contribution in [1.82, 2.24) is 0 Å². The number of thiol groups is 1. The van der Waals surface area contributed by atoms with Gasteiger partial charge in [0, 0.05) is 0 Å². The van der Waals surface area contributed by atoms with E-state index in [0.717, 1.165) is 0 Å². The molecule has 0 spiro atoms. The molecule has 0 radical (unpaired) electrons. The standard InChI is InChI=1S/C4H3F3OS/c5-2(4(6)7)1-3(8)9/h1H2,(H,8,9). The molecule has 0 fully saturated rings. The highest BCUT2D eigenvalue weighted by molar-refractivity contribution is 7.96. The fraction of sp³-hybridized carbons (Fsp3) is 0.250. The molecule has 0 N–H and O–H groups in total. The molecule has 0 aromatic carbocycles. The molecule has 0 rings (SSSR count). The van der Waals surface area contributed by atoms with Gasteiger partial charge in [-0.15, -0.1) is 12.6 Å². The zero-order chi connectivity index (χ0) is 7.44. The summed E-state index contributed by atoms with van der Waals surface area (Å²) in [6.07, 6.45) is -3.40. The topological polar surface area (TPSA) is 17.1 Å². The van der Waals surface area contributed by atoms with Gasteiger partial charge in [0.2, 0.25) is 0 Å². The third-order valence-corrected chi connectivity index (χ3v) is 0.670. The van der Waals surface area contributed by atoms with Crippen LogP contribution >= 0.6 is 12.6 Å². The Balaban J connectivity index is 3.92. The van der Waals surface area contributed by atoms with Crippen molar-refractivity contribution in [2.45, 2.75) is 6.42 Å². The first kappa shape index (κ1) is 8.55. The molecule has 9 heavy (non-hydrogen) atoms. The van der Waals surface area contributed by atoms with Crippen molar-refractivity contribution >= 4 is 17.7 Å². The second kappa shape index (κ2) is 3.55. The van der Waals surface area contributed by atoms with Crippen LogP contribution in [0.15, 0.2) is 11.9 Å². The molecule has 0 saturated carbocycles. The van der Waals surface area contributed by atoms with Crippen molar-refractivity contribution in [1.29, 1.82) is 0 Å². The van der Waals surface area contributed by atoms with E-state index in [4.69, 9.17) is 0 Å². The van der Waals surface area contributed by atoms with Gasteiger partial charge in [0.15, 0.2) is 10.9 Å². The summed E-state index contributed by atoms with van der Waals surface area (Å²) < 4.78 is 33.9. The Hall–Kier alpha value is -0.450. The molecule has 0 bridgehead atoms. The Morgan fingerprint density at radius 3 is 1.89 bits per heavy atom. The molecule has 0 aromatic rings. The Labute approximate surface area is 55.0 Å². The van der Waals surface area contributed by atoms with Gasteiger partial charge in [-0.2, -0.15) is 8.78 Å². The predicted octanol–water partition coefficient (Wildman–Crippen LogP) is 1.91. The van der Waals surface area contributed by atoms with E-state index in [9.17, 15) is 18.0 Å². The zero-order valence-electron chi connectivity index (χ0n) is 4.20. The average molecular weight is 156 g/mol. The molecule has 0 heterocycles. The molecule has 0 aliphatic heterocycles. The molecule has 0 aromatic heterocycles. The molecule has 0 aliphatic rings. The van der Waals surface area contributed by atoms with Crippen molar-refractivity contribution in [2.24, 2.45) is 0 Å². The second-order valence-electron chi connectivity index (χ2n) is 1.24. The summed E-state index contributed by atoms with van der Waals surface area (Å²) in [6.45, 7) is 0.